The summed E-state index contributed by atoms with van der Waals surface area (Å²) in [5.41, 5.74) is 6.85. The van der Waals surface area contributed by atoms with E-state index < -0.39 is 0 Å². The van der Waals surface area contributed by atoms with E-state index in [1.807, 2.05) is 6.07 Å². The Morgan fingerprint density at radius 2 is 1.68 bits per heavy atom. The standard InChI is InChI=1S/C16H25ClN2O3/c1-20-14-11(10-12(17)15(21-2)16(14)22-3)13(6-7-18)19-8-4-5-9-19/h10,13H,4-9,18H2,1-3H3. The molecule has 1 aromatic rings. The molecule has 1 aromatic carbocycles. The molecule has 1 unspecified atom stereocenters. The average Bonchev–Trinajstić information content (AvgIpc) is 3.05. The van der Waals surface area contributed by atoms with E-state index in [-0.39, 0.29) is 6.04 Å². The Bertz CT molecular complexity index is 505. The predicted molar refractivity (Wildman–Crippen MR) is 88.3 cm³/mol. The topological polar surface area (TPSA) is 57.0 Å². The van der Waals surface area contributed by atoms with Gasteiger partial charge in [0, 0.05) is 11.6 Å². The number of nitrogens with zero attached hydrogens (tertiary/aromatic N) is 1. The zero-order chi connectivity index (χ0) is 16.1. The summed E-state index contributed by atoms with van der Waals surface area (Å²) in [5, 5.41) is 0.524. The van der Waals surface area contributed by atoms with Gasteiger partial charge >= 0.3 is 0 Å². The molecule has 1 atom stereocenters. The second-order valence-corrected chi connectivity index (χ2v) is 5.79. The highest BCUT2D eigenvalue weighted by molar-refractivity contribution is 6.32. The molecular weight excluding hydrogens is 304 g/mol. The van der Waals surface area contributed by atoms with E-state index in [0.29, 0.717) is 28.8 Å². The highest BCUT2D eigenvalue weighted by Gasteiger charge is 2.29. The normalized spacial score (nSPS) is 16.6. The Balaban J connectivity index is 2.53. The molecule has 2 N–H and O–H groups in total. The molecule has 0 radical (unpaired) electrons. The van der Waals surface area contributed by atoms with Crippen LogP contribution in [-0.4, -0.2) is 45.9 Å². The summed E-state index contributed by atoms with van der Waals surface area (Å²) < 4.78 is 16.5. The van der Waals surface area contributed by atoms with Gasteiger partial charge in [-0.1, -0.05) is 11.6 Å². The molecule has 2 rings (SSSR count). The molecule has 5 nitrogen and oxygen atoms in total. The van der Waals surface area contributed by atoms with Crippen LogP contribution in [0.3, 0.4) is 0 Å². The first kappa shape index (κ1) is 17.2. The van der Waals surface area contributed by atoms with Crippen LogP contribution < -0.4 is 19.9 Å². The first-order valence-electron chi connectivity index (χ1n) is 7.60. The lowest BCUT2D eigenvalue weighted by Gasteiger charge is -2.30. The summed E-state index contributed by atoms with van der Waals surface area (Å²) in [4.78, 5) is 2.44. The van der Waals surface area contributed by atoms with Crippen molar-refractivity contribution in [3.05, 3.63) is 16.7 Å². The molecule has 22 heavy (non-hydrogen) atoms. The highest BCUT2D eigenvalue weighted by Crippen LogP contribution is 2.48. The van der Waals surface area contributed by atoms with Gasteiger partial charge < -0.3 is 19.9 Å². The van der Waals surface area contributed by atoms with Crippen LogP contribution in [-0.2, 0) is 0 Å². The van der Waals surface area contributed by atoms with Gasteiger partial charge in [0.15, 0.2) is 11.5 Å². The van der Waals surface area contributed by atoms with Crippen LogP contribution in [0.5, 0.6) is 17.2 Å². The van der Waals surface area contributed by atoms with Gasteiger partial charge in [0.1, 0.15) is 0 Å². The summed E-state index contributed by atoms with van der Waals surface area (Å²) in [6.45, 7) is 2.75. The highest BCUT2D eigenvalue weighted by atomic mass is 35.5. The van der Waals surface area contributed by atoms with Gasteiger partial charge in [0.25, 0.3) is 0 Å². The fourth-order valence-electron chi connectivity index (χ4n) is 3.19. The Morgan fingerprint density at radius 3 is 2.18 bits per heavy atom. The number of nitrogens with two attached hydrogens (primary N) is 1. The maximum atomic E-state index is 6.38. The molecule has 0 bridgehead atoms. The summed E-state index contributed by atoms with van der Waals surface area (Å²) >= 11 is 6.38. The lowest BCUT2D eigenvalue weighted by molar-refractivity contribution is 0.227. The molecule has 0 spiro atoms. The minimum absolute atomic E-state index is 0.180. The minimum Gasteiger partial charge on any atom is -0.492 e. The predicted octanol–water partition coefficient (Wildman–Crippen LogP) is 2.85. The molecular formula is C16H25ClN2O3. The van der Waals surface area contributed by atoms with Gasteiger partial charge in [-0.2, -0.15) is 0 Å². The summed E-state index contributed by atoms with van der Waals surface area (Å²) in [5.74, 6) is 1.71. The van der Waals surface area contributed by atoms with Crippen molar-refractivity contribution < 1.29 is 14.2 Å². The zero-order valence-corrected chi connectivity index (χ0v) is 14.3. The van der Waals surface area contributed by atoms with Gasteiger partial charge in [-0.25, -0.2) is 0 Å². The third kappa shape index (κ3) is 3.26. The smallest absolute Gasteiger partial charge is 0.205 e. The Hall–Kier alpha value is -1.17. The van der Waals surface area contributed by atoms with Crippen LogP contribution in [0.4, 0.5) is 0 Å². The molecule has 1 aliphatic rings. The molecule has 1 aliphatic heterocycles. The van der Waals surface area contributed by atoms with Crippen LogP contribution in [0.1, 0.15) is 30.9 Å². The molecule has 0 aliphatic carbocycles. The van der Waals surface area contributed by atoms with Crippen LogP contribution >= 0.6 is 11.6 Å². The maximum absolute atomic E-state index is 6.38. The van der Waals surface area contributed by atoms with Crippen molar-refractivity contribution >= 4 is 11.6 Å². The monoisotopic (exact) mass is 328 g/mol. The molecule has 1 fully saturated rings. The number of likely N-dealkylation sites (tertiary alicyclic amines) is 1. The van der Waals surface area contributed by atoms with E-state index in [1.165, 1.54) is 12.8 Å². The third-order valence-electron chi connectivity index (χ3n) is 4.17. The van der Waals surface area contributed by atoms with Gasteiger partial charge in [-0.15, -0.1) is 0 Å². The van der Waals surface area contributed by atoms with Crippen LogP contribution in [0.25, 0.3) is 0 Å². The SMILES string of the molecule is COc1c(Cl)cc(C(CCN)N2CCCC2)c(OC)c1OC. The number of hydrogen-bond acceptors (Lipinski definition) is 5. The van der Waals surface area contributed by atoms with Crippen molar-refractivity contribution in [2.24, 2.45) is 5.73 Å². The Kier molecular flexibility index (Phi) is 6.17. The van der Waals surface area contributed by atoms with Crippen molar-refractivity contribution in [2.45, 2.75) is 25.3 Å². The summed E-state index contributed by atoms with van der Waals surface area (Å²) in [6.07, 6.45) is 3.27. The van der Waals surface area contributed by atoms with Crippen molar-refractivity contribution in [1.82, 2.24) is 4.90 Å². The van der Waals surface area contributed by atoms with Crippen molar-refractivity contribution in [3.8, 4) is 17.2 Å². The second-order valence-electron chi connectivity index (χ2n) is 5.38. The number of ether oxygens (including phenoxy) is 3. The van der Waals surface area contributed by atoms with Crippen molar-refractivity contribution in [2.75, 3.05) is 41.0 Å². The Morgan fingerprint density at radius 1 is 1.09 bits per heavy atom. The maximum Gasteiger partial charge on any atom is 0.205 e. The van der Waals surface area contributed by atoms with Gasteiger partial charge in [0.05, 0.1) is 26.4 Å². The number of benzene rings is 1. The van der Waals surface area contributed by atoms with Crippen LogP contribution in [0, 0.1) is 0 Å². The van der Waals surface area contributed by atoms with E-state index >= 15 is 0 Å². The lowest BCUT2D eigenvalue weighted by Crippen LogP contribution is -2.28. The number of hydrogen-bond donors (Lipinski definition) is 1. The summed E-state index contributed by atoms with van der Waals surface area (Å²) in [6, 6.07) is 2.10. The minimum atomic E-state index is 0.180. The van der Waals surface area contributed by atoms with Crippen molar-refractivity contribution in [1.29, 1.82) is 0 Å². The van der Waals surface area contributed by atoms with Gasteiger partial charge in [-0.05, 0) is 45.0 Å². The lowest BCUT2D eigenvalue weighted by atomic mass is 10.00. The number of halogens is 1. The largest absolute Gasteiger partial charge is 0.492 e. The molecule has 6 heteroatoms. The van der Waals surface area contributed by atoms with E-state index in [9.17, 15) is 0 Å². The molecule has 124 valence electrons. The van der Waals surface area contributed by atoms with E-state index in [4.69, 9.17) is 31.5 Å². The number of methoxy groups -OCH3 is 3. The molecule has 0 saturated carbocycles. The second kappa shape index (κ2) is 7.90. The quantitative estimate of drug-likeness (QED) is 0.834. The molecule has 0 amide bonds. The fraction of sp³-hybridized carbons (Fsp3) is 0.625. The van der Waals surface area contributed by atoms with E-state index in [0.717, 1.165) is 25.1 Å². The summed E-state index contributed by atoms with van der Waals surface area (Å²) in [7, 11) is 4.80. The fourth-order valence-corrected chi connectivity index (χ4v) is 3.47. The third-order valence-corrected chi connectivity index (χ3v) is 4.45. The first-order valence-corrected chi connectivity index (χ1v) is 7.98. The Labute approximate surface area is 137 Å². The average molecular weight is 329 g/mol. The van der Waals surface area contributed by atoms with Crippen molar-refractivity contribution in [3.63, 3.8) is 0 Å². The zero-order valence-electron chi connectivity index (χ0n) is 13.5. The molecule has 0 aromatic heterocycles. The van der Waals surface area contributed by atoms with Crippen LogP contribution in [0.2, 0.25) is 5.02 Å². The molecule has 1 saturated heterocycles. The first-order chi connectivity index (χ1) is 10.7. The molecule has 1 heterocycles. The van der Waals surface area contributed by atoms with E-state index in [2.05, 4.69) is 4.90 Å². The van der Waals surface area contributed by atoms with Crippen LogP contribution in [0.15, 0.2) is 6.07 Å². The van der Waals surface area contributed by atoms with Gasteiger partial charge in [-0.3, -0.25) is 4.90 Å². The van der Waals surface area contributed by atoms with Gasteiger partial charge in [0.2, 0.25) is 5.75 Å². The number of rotatable bonds is 7. The van der Waals surface area contributed by atoms with E-state index in [1.54, 1.807) is 21.3 Å².